The van der Waals surface area contributed by atoms with Crippen molar-refractivity contribution in [1.82, 2.24) is 19.7 Å². The monoisotopic (exact) mass is 341 g/mol. The maximum Gasteiger partial charge on any atom is 0.163 e. The molecule has 0 radical (unpaired) electrons. The summed E-state index contributed by atoms with van der Waals surface area (Å²) in [5.74, 6) is 1.93. The zero-order valence-electron chi connectivity index (χ0n) is 14.7. The molecule has 7 nitrogen and oxygen atoms in total. The summed E-state index contributed by atoms with van der Waals surface area (Å²) in [5.41, 5.74) is 1.87. The highest BCUT2D eigenvalue weighted by Gasteiger charge is 2.19. The number of anilines is 1. The van der Waals surface area contributed by atoms with Gasteiger partial charge in [0.1, 0.15) is 17.9 Å². The highest BCUT2D eigenvalue weighted by molar-refractivity contribution is 5.86. The first kappa shape index (κ1) is 17.2. The fraction of sp³-hybridized carbons (Fsp3) is 0.389. The molecule has 0 amide bonds. The summed E-state index contributed by atoms with van der Waals surface area (Å²) in [5, 5.41) is 17.8. The van der Waals surface area contributed by atoms with Crippen LogP contribution in [-0.2, 0) is 6.54 Å². The average molecular weight is 341 g/mol. The van der Waals surface area contributed by atoms with Crippen LogP contribution in [0.5, 0.6) is 5.75 Å². The molecule has 25 heavy (non-hydrogen) atoms. The quantitative estimate of drug-likeness (QED) is 0.687. The lowest BCUT2D eigenvalue weighted by Gasteiger charge is -2.24. The highest BCUT2D eigenvalue weighted by Crippen LogP contribution is 2.29. The second-order valence-electron chi connectivity index (χ2n) is 6.19. The van der Waals surface area contributed by atoms with E-state index in [0.29, 0.717) is 18.1 Å². The Morgan fingerprint density at radius 1 is 1.20 bits per heavy atom. The average Bonchev–Trinajstić information content (AvgIpc) is 3.04. The van der Waals surface area contributed by atoms with Crippen molar-refractivity contribution in [3.63, 3.8) is 0 Å². The molecular weight excluding hydrogens is 318 g/mol. The molecule has 0 saturated heterocycles. The number of fused-ring (bicyclic) bond motifs is 1. The Morgan fingerprint density at radius 3 is 2.60 bits per heavy atom. The minimum absolute atomic E-state index is 0.0179. The van der Waals surface area contributed by atoms with E-state index in [-0.39, 0.29) is 12.6 Å². The smallest absolute Gasteiger partial charge is 0.163 e. The Kier molecular flexibility index (Phi) is 5.14. The second-order valence-corrected chi connectivity index (χ2v) is 6.19. The number of aliphatic hydroxyl groups is 1. The summed E-state index contributed by atoms with van der Waals surface area (Å²) in [7, 11) is 1.66. The summed E-state index contributed by atoms with van der Waals surface area (Å²) in [6, 6.07) is 8.13. The molecule has 0 spiro atoms. The molecule has 132 valence electrons. The maximum absolute atomic E-state index is 9.15. The third-order valence-corrected chi connectivity index (χ3v) is 4.18. The molecule has 0 fully saturated rings. The number of hydrogen-bond acceptors (Lipinski definition) is 6. The molecule has 1 aromatic carbocycles. The summed E-state index contributed by atoms with van der Waals surface area (Å²) in [6.07, 6.45) is 3.25. The number of aliphatic hydroxyl groups excluding tert-OH is 1. The number of hydrogen-bond donors (Lipinski definition) is 2. The molecule has 1 atom stereocenters. The van der Waals surface area contributed by atoms with E-state index in [1.54, 1.807) is 18.0 Å². The van der Waals surface area contributed by atoms with Gasteiger partial charge in [-0.25, -0.2) is 14.6 Å². The van der Waals surface area contributed by atoms with E-state index in [1.807, 2.05) is 12.1 Å². The zero-order valence-corrected chi connectivity index (χ0v) is 14.7. The van der Waals surface area contributed by atoms with E-state index in [0.717, 1.165) is 22.5 Å². The molecule has 0 aliphatic carbocycles. The van der Waals surface area contributed by atoms with Crippen molar-refractivity contribution in [2.24, 2.45) is 5.92 Å². The zero-order chi connectivity index (χ0) is 17.8. The van der Waals surface area contributed by atoms with Gasteiger partial charge in [0.15, 0.2) is 5.65 Å². The van der Waals surface area contributed by atoms with E-state index < -0.39 is 0 Å². The van der Waals surface area contributed by atoms with Crippen LogP contribution in [0.3, 0.4) is 0 Å². The van der Waals surface area contributed by atoms with Gasteiger partial charge in [0, 0.05) is 0 Å². The number of aromatic nitrogens is 4. The summed E-state index contributed by atoms with van der Waals surface area (Å²) in [4.78, 5) is 8.69. The molecule has 2 aromatic heterocycles. The SMILES string of the molecule is COc1ccc(C(Nc2ncnc3c2cnn3CCO)C(C)C)cc1. The molecule has 0 aliphatic heterocycles. The highest BCUT2D eigenvalue weighted by atomic mass is 16.5. The van der Waals surface area contributed by atoms with E-state index >= 15 is 0 Å². The summed E-state index contributed by atoms with van der Waals surface area (Å²) < 4.78 is 6.92. The van der Waals surface area contributed by atoms with Crippen LogP contribution in [0, 0.1) is 5.92 Å². The van der Waals surface area contributed by atoms with Crippen LogP contribution in [-0.4, -0.2) is 38.6 Å². The number of nitrogens with zero attached hydrogens (tertiary/aromatic N) is 4. The van der Waals surface area contributed by atoms with Crippen molar-refractivity contribution < 1.29 is 9.84 Å². The Labute approximate surface area is 146 Å². The molecular formula is C18H23N5O2. The van der Waals surface area contributed by atoms with Crippen molar-refractivity contribution in [3.8, 4) is 5.75 Å². The number of rotatable bonds is 7. The van der Waals surface area contributed by atoms with Gasteiger partial charge in [-0.1, -0.05) is 26.0 Å². The molecule has 0 bridgehead atoms. The molecule has 7 heteroatoms. The Bertz CT molecular complexity index is 829. The van der Waals surface area contributed by atoms with Gasteiger partial charge in [0.05, 0.1) is 37.9 Å². The fourth-order valence-corrected chi connectivity index (χ4v) is 2.86. The van der Waals surface area contributed by atoms with Gasteiger partial charge < -0.3 is 15.2 Å². The van der Waals surface area contributed by atoms with Crippen LogP contribution in [0.15, 0.2) is 36.8 Å². The second kappa shape index (κ2) is 7.48. The first-order valence-electron chi connectivity index (χ1n) is 8.32. The van der Waals surface area contributed by atoms with Gasteiger partial charge in [-0.05, 0) is 23.6 Å². The van der Waals surface area contributed by atoms with Gasteiger partial charge in [-0.15, -0.1) is 0 Å². The topological polar surface area (TPSA) is 85.1 Å². The molecule has 3 aromatic rings. The van der Waals surface area contributed by atoms with Crippen LogP contribution in [0.1, 0.15) is 25.5 Å². The van der Waals surface area contributed by atoms with Crippen LogP contribution in [0.2, 0.25) is 0 Å². The van der Waals surface area contributed by atoms with Gasteiger partial charge in [-0.3, -0.25) is 0 Å². The Morgan fingerprint density at radius 2 is 1.96 bits per heavy atom. The number of nitrogens with one attached hydrogen (secondary N) is 1. The van der Waals surface area contributed by atoms with Crippen molar-refractivity contribution in [3.05, 3.63) is 42.4 Å². The third-order valence-electron chi connectivity index (χ3n) is 4.18. The largest absolute Gasteiger partial charge is 0.497 e. The molecule has 0 aliphatic rings. The van der Waals surface area contributed by atoms with Crippen LogP contribution in [0.25, 0.3) is 11.0 Å². The fourth-order valence-electron chi connectivity index (χ4n) is 2.86. The number of benzene rings is 1. The van der Waals surface area contributed by atoms with E-state index in [2.05, 4.69) is 46.4 Å². The minimum Gasteiger partial charge on any atom is -0.497 e. The predicted octanol–water partition coefficient (Wildman–Crippen LogP) is 2.64. The molecule has 3 rings (SSSR count). The van der Waals surface area contributed by atoms with Gasteiger partial charge in [0.25, 0.3) is 0 Å². The van der Waals surface area contributed by atoms with E-state index in [4.69, 9.17) is 9.84 Å². The third kappa shape index (κ3) is 3.56. The van der Waals surface area contributed by atoms with E-state index in [1.165, 1.54) is 6.33 Å². The van der Waals surface area contributed by atoms with Crippen LogP contribution in [0.4, 0.5) is 5.82 Å². The molecule has 0 saturated carbocycles. The van der Waals surface area contributed by atoms with Crippen LogP contribution < -0.4 is 10.1 Å². The summed E-state index contributed by atoms with van der Waals surface area (Å²) in [6.45, 7) is 4.75. The standard InChI is InChI=1S/C18H23N5O2/c1-12(2)16(13-4-6-14(25-3)7-5-13)22-17-15-10-21-23(8-9-24)18(15)20-11-19-17/h4-7,10-12,16,24H,8-9H2,1-3H3,(H,19,20,22). The van der Waals surface area contributed by atoms with Gasteiger partial charge >= 0.3 is 0 Å². The molecule has 2 N–H and O–H groups in total. The van der Waals surface area contributed by atoms with Crippen molar-refractivity contribution in [1.29, 1.82) is 0 Å². The number of methoxy groups -OCH3 is 1. The first-order valence-corrected chi connectivity index (χ1v) is 8.32. The normalized spacial score (nSPS) is 12.5. The minimum atomic E-state index is 0.0179. The van der Waals surface area contributed by atoms with Crippen molar-refractivity contribution in [2.75, 3.05) is 19.0 Å². The maximum atomic E-state index is 9.15. The Hall–Kier alpha value is -2.67. The lowest BCUT2D eigenvalue weighted by Crippen LogP contribution is -2.18. The first-order chi connectivity index (χ1) is 12.1. The predicted molar refractivity (Wildman–Crippen MR) is 96.6 cm³/mol. The lowest BCUT2D eigenvalue weighted by molar-refractivity contribution is 0.271. The number of ether oxygens (including phenoxy) is 1. The van der Waals surface area contributed by atoms with Gasteiger partial charge in [0.2, 0.25) is 0 Å². The van der Waals surface area contributed by atoms with Gasteiger partial charge in [-0.2, -0.15) is 5.10 Å². The molecule has 2 heterocycles. The van der Waals surface area contributed by atoms with Crippen molar-refractivity contribution in [2.45, 2.75) is 26.4 Å². The summed E-state index contributed by atoms with van der Waals surface area (Å²) >= 11 is 0. The molecule has 1 unspecified atom stereocenters. The lowest BCUT2D eigenvalue weighted by atomic mass is 9.96. The van der Waals surface area contributed by atoms with Crippen LogP contribution >= 0.6 is 0 Å². The Balaban J connectivity index is 1.93. The van der Waals surface area contributed by atoms with E-state index in [9.17, 15) is 0 Å². The van der Waals surface area contributed by atoms with Crippen molar-refractivity contribution >= 4 is 16.9 Å².